The number of carbonyl (C=O) groups is 1. The molecule has 4 aromatic rings. The zero-order valence-electron chi connectivity index (χ0n) is 14.6. The molecule has 4 rings (SSSR count). The number of hydrogen-bond donors (Lipinski definition) is 0. The summed E-state index contributed by atoms with van der Waals surface area (Å²) in [7, 11) is 0. The highest BCUT2D eigenvalue weighted by atomic mass is 16.5. The summed E-state index contributed by atoms with van der Waals surface area (Å²) in [5, 5.41) is 7.95. The number of aryl methyl sites for hydroxylation is 1. The fraction of sp³-hybridized carbons (Fsp3) is 0.158. The lowest BCUT2D eigenvalue weighted by Crippen LogP contribution is -2.08. The van der Waals surface area contributed by atoms with Gasteiger partial charge in [-0.05, 0) is 24.6 Å². The molecule has 0 atom stereocenters. The van der Waals surface area contributed by atoms with Crippen molar-refractivity contribution in [1.29, 1.82) is 0 Å². The summed E-state index contributed by atoms with van der Waals surface area (Å²) < 4.78 is 7.42. The molecular formula is C19H16N6O2. The van der Waals surface area contributed by atoms with Crippen LogP contribution in [0.1, 0.15) is 28.7 Å². The summed E-state index contributed by atoms with van der Waals surface area (Å²) in [5.41, 5.74) is 2.57. The van der Waals surface area contributed by atoms with Gasteiger partial charge in [0, 0.05) is 11.4 Å². The summed E-state index contributed by atoms with van der Waals surface area (Å²) in [6, 6.07) is 7.36. The van der Waals surface area contributed by atoms with Crippen molar-refractivity contribution in [1.82, 2.24) is 29.5 Å². The maximum atomic E-state index is 12.9. The first-order chi connectivity index (χ1) is 13.2. The summed E-state index contributed by atoms with van der Waals surface area (Å²) in [4.78, 5) is 25.3. The highest BCUT2D eigenvalue weighted by molar-refractivity contribution is 6.02. The van der Waals surface area contributed by atoms with Crippen LogP contribution in [0, 0.1) is 0 Å². The molecule has 0 saturated carbocycles. The molecule has 4 aromatic heterocycles. The van der Waals surface area contributed by atoms with Crippen LogP contribution in [-0.2, 0) is 12.8 Å². The zero-order valence-corrected chi connectivity index (χ0v) is 14.6. The molecule has 8 nitrogen and oxygen atoms in total. The topological polar surface area (TPSA) is 95.2 Å². The average Bonchev–Trinajstić information content (AvgIpc) is 3.17. The molecule has 0 radical (unpaired) electrons. The largest absolute Gasteiger partial charge is 0.453 e. The van der Waals surface area contributed by atoms with E-state index in [2.05, 4.69) is 25.1 Å². The van der Waals surface area contributed by atoms with Crippen LogP contribution in [-0.4, -0.2) is 35.3 Å². The van der Waals surface area contributed by atoms with Gasteiger partial charge in [0.15, 0.2) is 17.2 Å². The second-order valence-corrected chi connectivity index (χ2v) is 5.90. The molecule has 0 fully saturated rings. The number of hydrogen-bond acceptors (Lipinski definition) is 7. The minimum atomic E-state index is -0.108. The van der Waals surface area contributed by atoms with Crippen molar-refractivity contribution in [3.63, 3.8) is 0 Å². The molecule has 0 bridgehead atoms. The lowest BCUT2D eigenvalue weighted by Gasteiger charge is -2.09. The van der Waals surface area contributed by atoms with Crippen molar-refractivity contribution < 1.29 is 9.53 Å². The number of rotatable bonds is 6. The minimum Gasteiger partial charge on any atom is -0.453 e. The number of ether oxygens (including phenoxy) is 1. The molecular weight excluding hydrogens is 344 g/mol. The average molecular weight is 360 g/mol. The van der Waals surface area contributed by atoms with E-state index in [1.807, 2.05) is 25.1 Å². The second-order valence-electron chi connectivity index (χ2n) is 5.90. The Balaban J connectivity index is 1.67. The molecule has 0 spiro atoms. The zero-order chi connectivity index (χ0) is 18.6. The van der Waals surface area contributed by atoms with E-state index in [4.69, 9.17) is 4.74 Å². The second kappa shape index (κ2) is 7.28. The van der Waals surface area contributed by atoms with E-state index < -0.39 is 0 Å². The van der Waals surface area contributed by atoms with Crippen molar-refractivity contribution in [2.24, 2.45) is 0 Å². The molecule has 0 saturated heterocycles. The minimum absolute atomic E-state index is 0.108. The van der Waals surface area contributed by atoms with E-state index in [1.54, 1.807) is 29.1 Å². The van der Waals surface area contributed by atoms with Gasteiger partial charge in [0.05, 0.1) is 30.6 Å². The first-order valence-corrected chi connectivity index (χ1v) is 8.47. The van der Waals surface area contributed by atoms with Crippen molar-refractivity contribution in [2.75, 3.05) is 0 Å². The van der Waals surface area contributed by atoms with Gasteiger partial charge in [0.25, 0.3) is 0 Å². The number of carbonyl (C=O) groups excluding carboxylic acids is 1. The van der Waals surface area contributed by atoms with Crippen molar-refractivity contribution in [3.05, 3.63) is 72.5 Å². The molecule has 27 heavy (non-hydrogen) atoms. The normalized spacial score (nSPS) is 10.9. The molecule has 0 aliphatic rings. The van der Waals surface area contributed by atoms with Crippen LogP contribution >= 0.6 is 0 Å². The number of Topliss-reactive ketones (excluding diaryl/α,β-unsaturated/α-hetero) is 1. The highest BCUT2D eigenvalue weighted by Crippen LogP contribution is 2.23. The third-order valence-corrected chi connectivity index (χ3v) is 4.01. The fourth-order valence-electron chi connectivity index (χ4n) is 2.73. The third kappa shape index (κ3) is 3.64. The van der Waals surface area contributed by atoms with Crippen LogP contribution in [0.5, 0.6) is 11.5 Å². The van der Waals surface area contributed by atoms with Gasteiger partial charge in [-0.25, -0.2) is 9.97 Å². The molecule has 0 N–H and O–H groups in total. The predicted molar refractivity (Wildman–Crippen MR) is 96.7 cm³/mol. The standard InChI is InChI=1S/C19H16N6O2/c1-2-13-4-3-5-14(23-13)6-18(26)17-7-15(10-25-12-22-24-19(17)25)27-16-8-20-11-21-9-16/h3-5,7-12H,2,6H2,1H3. The summed E-state index contributed by atoms with van der Waals surface area (Å²) >= 11 is 0. The SMILES string of the molecule is CCc1cccc(CC(=O)c2cc(Oc3cncnc3)cn3cnnc23)n1. The molecule has 0 aromatic carbocycles. The maximum Gasteiger partial charge on any atom is 0.172 e. The lowest BCUT2D eigenvalue weighted by molar-refractivity contribution is 0.0992. The molecule has 134 valence electrons. The van der Waals surface area contributed by atoms with Gasteiger partial charge in [0.2, 0.25) is 0 Å². The van der Waals surface area contributed by atoms with Crippen LogP contribution in [0.15, 0.2) is 55.5 Å². The van der Waals surface area contributed by atoms with Gasteiger partial charge in [-0.3, -0.25) is 14.2 Å². The van der Waals surface area contributed by atoms with Crippen molar-refractivity contribution in [2.45, 2.75) is 19.8 Å². The summed E-state index contributed by atoms with van der Waals surface area (Å²) in [5.74, 6) is 0.833. The fourth-order valence-corrected chi connectivity index (χ4v) is 2.73. The Kier molecular flexibility index (Phi) is 4.52. The van der Waals surface area contributed by atoms with E-state index in [1.165, 1.54) is 12.7 Å². The first-order valence-electron chi connectivity index (χ1n) is 8.47. The Morgan fingerprint density at radius 3 is 2.78 bits per heavy atom. The Morgan fingerprint density at radius 1 is 1.15 bits per heavy atom. The number of aromatic nitrogens is 6. The van der Waals surface area contributed by atoms with Crippen LogP contribution in [0.4, 0.5) is 0 Å². The molecule has 0 amide bonds. The third-order valence-electron chi connectivity index (χ3n) is 4.01. The molecule has 0 unspecified atom stereocenters. The van der Waals surface area contributed by atoms with E-state index in [0.717, 1.165) is 17.8 Å². The number of fused-ring (bicyclic) bond motifs is 1. The van der Waals surface area contributed by atoms with Gasteiger partial charge in [-0.15, -0.1) is 10.2 Å². The van der Waals surface area contributed by atoms with Gasteiger partial charge < -0.3 is 4.74 Å². The number of pyridine rings is 2. The monoisotopic (exact) mass is 360 g/mol. The Hall–Kier alpha value is -3.68. The maximum absolute atomic E-state index is 12.9. The van der Waals surface area contributed by atoms with E-state index in [9.17, 15) is 4.79 Å². The first kappa shape index (κ1) is 16.8. The lowest BCUT2D eigenvalue weighted by atomic mass is 10.1. The van der Waals surface area contributed by atoms with Crippen LogP contribution < -0.4 is 4.74 Å². The molecule has 4 heterocycles. The van der Waals surface area contributed by atoms with Gasteiger partial charge in [0.1, 0.15) is 18.4 Å². The quantitative estimate of drug-likeness (QED) is 0.488. The van der Waals surface area contributed by atoms with Crippen LogP contribution in [0.3, 0.4) is 0 Å². The van der Waals surface area contributed by atoms with Crippen LogP contribution in [0.2, 0.25) is 0 Å². The van der Waals surface area contributed by atoms with Gasteiger partial charge in [-0.2, -0.15) is 0 Å². The van der Waals surface area contributed by atoms with E-state index in [0.29, 0.717) is 22.7 Å². The number of nitrogens with zero attached hydrogens (tertiary/aromatic N) is 6. The molecule has 0 aliphatic heterocycles. The number of ketones is 1. The smallest absolute Gasteiger partial charge is 0.172 e. The van der Waals surface area contributed by atoms with Crippen LogP contribution in [0.25, 0.3) is 5.65 Å². The molecule has 0 aliphatic carbocycles. The van der Waals surface area contributed by atoms with Crippen molar-refractivity contribution in [3.8, 4) is 11.5 Å². The van der Waals surface area contributed by atoms with E-state index >= 15 is 0 Å². The highest BCUT2D eigenvalue weighted by Gasteiger charge is 2.16. The van der Waals surface area contributed by atoms with Gasteiger partial charge in [-0.1, -0.05) is 13.0 Å². The Labute approximate surface area is 154 Å². The van der Waals surface area contributed by atoms with Gasteiger partial charge >= 0.3 is 0 Å². The molecule has 8 heteroatoms. The summed E-state index contributed by atoms with van der Waals surface area (Å²) in [6.45, 7) is 2.03. The Bertz CT molecular complexity index is 1090. The van der Waals surface area contributed by atoms with E-state index in [-0.39, 0.29) is 12.2 Å². The summed E-state index contributed by atoms with van der Waals surface area (Å²) in [6.07, 6.45) is 8.73. The van der Waals surface area contributed by atoms with Crippen molar-refractivity contribution >= 4 is 11.4 Å². The Morgan fingerprint density at radius 2 is 1.96 bits per heavy atom. The predicted octanol–water partition coefficient (Wildman–Crippen LogP) is 2.69.